The van der Waals surface area contributed by atoms with Gasteiger partial charge >= 0.3 is 0 Å². The van der Waals surface area contributed by atoms with Crippen LogP contribution in [0.3, 0.4) is 0 Å². The highest BCUT2D eigenvalue weighted by molar-refractivity contribution is 5.89. The second-order valence-electron chi connectivity index (χ2n) is 13.1. The zero-order chi connectivity index (χ0) is 35.8. The number of morpholine rings is 2. The highest BCUT2D eigenvalue weighted by Gasteiger charge is 2.32. The number of benzene rings is 2. The quantitative estimate of drug-likeness (QED) is 0.221. The Morgan fingerprint density at radius 2 is 1.13 bits per heavy atom. The molecule has 8 rings (SSSR count). The third-order valence-electron chi connectivity index (χ3n) is 9.93. The van der Waals surface area contributed by atoms with Gasteiger partial charge in [0, 0.05) is 59.5 Å². The summed E-state index contributed by atoms with van der Waals surface area (Å²) in [4.78, 5) is 31.7. The predicted molar refractivity (Wildman–Crippen MR) is 198 cm³/mol. The maximum absolute atomic E-state index is 12.5. The average molecular weight is 701 g/mol. The number of methoxy groups -OCH3 is 2. The molecule has 2 atom stereocenters. The van der Waals surface area contributed by atoms with E-state index in [-0.39, 0.29) is 12.1 Å². The third kappa shape index (κ3) is 6.00. The van der Waals surface area contributed by atoms with Crippen LogP contribution in [0, 0.1) is 0 Å². The fourth-order valence-electron chi connectivity index (χ4n) is 7.37. The minimum atomic E-state index is -1.15. The van der Waals surface area contributed by atoms with Crippen molar-refractivity contribution >= 4 is 33.4 Å². The van der Waals surface area contributed by atoms with Gasteiger partial charge < -0.3 is 33.9 Å². The maximum Gasteiger partial charge on any atom is 0.163 e. The molecule has 0 amide bonds. The van der Waals surface area contributed by atoms with Crippen molar-refractivity contribution in [2.75, 3.05) is 63.5 Å². The van der Waals surface area contributed by atoms with Gasteiger partial charge in [0.2, 0.25) is 0 Å². The van der Waals surface area contributed by atoms with Gasteiger partial charge in [-0.15, -0.1) is 0 Å². The minimum absolute atomic E-state index is 0.105. The minimum Gasteiger partial charge on any atom is -0.496 e. The van der Waals surface area contributed by atoms with Gasteiger partial charge in [0.05, 0.1) is 74.5 Å². The standard InChI is InChI=1S/C39H40N8O5/c1-23-19-51-15-13-46(23)31-11-7-27(36(49-3)33(31)29-9-5-25-17-40-21-42-38(25)44-29)35(48)28-8-12-32(47-14-16-52-20-24(47)2)34(37(28)50-4)30-10-6-26-18-41-22-43-39(26)45-30/h5-12,17-18,21-24,35,48H,13-16,19-20H2,1-4H3/t23-,24-/m0/s1. The summed E-state index contributed by atoms with van der Waals surface area (Å²) >= 11 is 0. The van der Waals surface area contributed by atoms with Crippen LogP contribution >= 0.6 is 0 Å². The van der Waals surface area contributed by atoms with E-state index in [4.69, 9.17) is 28.9 Å². The Balaban J connectivity index is 1.32. The lowest BCUT2D eigenvalue weighted by atomic mass is 9.91. The molecule has 13 nitrogen and oxygen atoms in total. The van der Waals surface area contributed by atoms with Gasteiger partial charge in [-0.1, -0.05) is 12.1 Å². The van der Waals surface area contributed by atoms with Crippen molar-refractivity contribution < 1.29 is 24.1 Å². The normalized spacial score (nSPS) is 18.0. The zero-order valence-electron chi connectivity index (χ0n) is 29.6. The molecular weight excluding hydrogens is 660 g/mol. The fraction of sp³-hybridized carbons (Fsp3) is 0.333. The van der Waals surface area contributed by atoms with Crippen molar-refractivity contribution in [3.05, 3.63) is 84.7 Å². The number of aliphatic hydroxyl groups is 1. The number of hydrogen-bond donors (Lipinski definition) is 1. The molecule has 0 bridgehead atoms. The first kappa shape index (κ1) is 33.6. The Hall–Kier alpha value is -5.50. The number of anilines is 2. The number of ether oxygens (including phenoxy) is 4. The van der Waals surface area contributed by atoms with Gasteiger partial charge in [-0.25, -0.2) is 29.9 Å². The smallest absolute Gasteiger partial charge is 0.163 e. The van der Waals surface area contributed by atoms with Crippen molar-refractivity contribution in [1.29, 1.82) is 0 Å². The van der Waals surface area contributed by atoms with E-state index in [1.165, 1.54) is 12.7 Å². The van der Waals surface area contributed by atoms with Crippen LogP contribution in [-0.2, 0) is 9.47 Å². The number of aromatic nitrogens is 6. The van der Waals surface area contributed by atoms with E-state index in [0.29, 0.717) is 84.8 Å². The summed E-state index contributed by atoms with van der Waals surface area (Å²) in [7, 11) is 3.24. The van der Waals surface area contributed by atoms with Crippen molar-refractivity contribution in [3.8, 4) is 34.0 Å². The number of aliphatic hydroxyl groups excluding tert-OH is 1. The van der Waals surface area contributed by atoms with Crippen LogP contribution in [0.5, 0.6) is 11.5 Å². The van der Waals surface area contributed by atoms with E-state index in [0.717, 1.165) is 33.3 Å². The second kappa shape index (κ2) is 14.3. The Morgan fingerprint density at radius 3 is 1.56 bits per heavy atom. The number of nitrogens with zero attached hydrogens (tertiary/aromatic N) is 8. The third-order valence-corrected chi connectivity index (χ3v) is 9.93. The monoisotopic (exact) mass is 700 g/mol. The van der Waals surface area contributed by atoms with Gasteiger partial charge in [0.25, 0.3) is 0 Å². The molecule has 2 saturated heterocycles. The number of fused-ring (bicyclic) bond motifs is 2. The summed E-state index contributed by atoms with van der Waals surface area (Å²) in [5, 5.41) is 14.1. The van der Waals surface area contributed by atoms with Crippen LogP contribution in [0.15, 0.2) is 73.6 Å². The Labute approximate surface area is 301 Å². The van der Waals surface area contributed by atoms with E-state index < -0.39 is 6.10 Å². The van der Waals surface area contributed by atoms with E-state index in [1.54, 1.807) is 26.6 Å². The van der Waals surface area contributed by atoms with Gasteiger partial charge in [0.15, 0.2) is 11.3 Å². The van der Waals surface area contributed by atoms with Gasteiger partial charge in [-0.2, -0.15) is 0 Å². The lowest BCUT2D eigenvalue weighted by molar-refractivity contribution is 0.0989. The highest BCUT2D eigenvalue weighted by Crippen LogP contribution is 2.49. The molecule has 0 spiro atoms. The summed E-state index contributed by atoms with van der Waals surface area (Å²) in [6.07, 6.45) is 5.31. The number of hydrogen-bond acceptors (Lipinski definition) is 13. The maximum atomic E-state index is 12.5. The van der Waals surface area contributed by atoms with Gasteiger partial charge in [-0.3, -0.25) is 0 Å². The first-order valence-electron chi connectivity index (χ1n) is 17.4. The number of pyridine rings is 2. The molecule has 0 aliphatic carbocycles. The van der Waals surface area contributed by atoms with Gasteiger partial charge in [-0.05, 0) is 50.2 Å². The largest absolute Gasteiger partial charge is 0.496 e. The van der Waals surface area contributed by atoms with Crippen LogP contribution in [0.1, 0.15) is 31.1 Å². The summed E-state index contributed by atoms with van der Waals surface area (Å²) < 4.78 is 24.1. The number of rotatable bonds is 8. The van der Waals surface area contributed by atoms with E-state index in [1.807, 2.05) is 48.5 Å². The molecule has 2 aliphatic rings. The van der Waals surface area contributed by atoms with E-state index in [9.17, 15) is 5.11 Å². The summed E-state index contributed by atoms with van der Waals surface area (Å²) in [5.74, 6) is 0.999. The van der Waals surface area contributed by atoms with E-state index >= 15 is 0 Å². The van der Waals surface area contributed by atoms with E-state index in [2.05, 4.69) is 43.6 Å². The van der Waals surface area contributed by atoms with Crippen molar-refractivity contribution in [2.24, 2.45) is 0 Å². The first-order valence-corrected chi connectivity index (χ1v) is 17.4. The average Bonchev–Trinajstić information content (AvgIpc) is 3.19. The lowest BCUT2D eigenvalue weighted by Gasteiger charge is -2.37. The molecule has 266 valence electrons. The van der Waals surface area contributed by atoms with Crippen molar-refractivity contribution in [3.63, 3.8) is 0 Å². The second-order valence-corrected chi connectivity index (χ2v) is 13.1. The SMILES string of the molecule is COc1c(C(O)c2ccc(N3CCOC[C@@H]3C)c(-c3ccc4cncnc4n3)c2OC)ccc(N2CCOC[C@@H]2C)c1-c1ccc2cncnc2n1. The Kier molecular flexibility index (Phi) is 9.22. The van der Waals surface area contributed by atoms with Crippen LogP contribution in [0.2, 0.25) is 0 Å². The highest BCUT2D eigenvalue weighted by atomic mass is 16.5. The molecule has 52 heavy (non-hydrogen) atoms. The molecule has 1 N–H and O–H groups in total. The first-order chi connectivity index (χ1) is 25.5. The summed E-state index contributed by atoms with van der Waals surface area (Å²) in [6, 6.07) is 15.9. The zero-order valence-corrected chi connectivity index (χ0v) is 29.6. The molecule has 6 aromatic rings. The van der Waals surface area contributed by atoms with Crippen LogP contribution in [-0.4, -0.2) is 101 Å². The molecule has 2 aromatic carbocycles. The van der Waals surface area contributed by atoms with Crippen molar-refractivity contribution in [1.82, 2.24) is 29.9 Å². The molecule has 0 saturated carbocycles. The summed E-state index contributed by atoms with van der Waals surface area (Å²) in [6.45, 7) is 8.02. The van der Waals surface area contributed by atoms with Crippen LogP contribution < -0.4 is 19.3 Å². The van der Waals surface area contributed by atoms with Crippen molar-refractivity contribution in [2.45, 2.75) is 32.0 Å². The molecule has 0 radical (unpaired) electrons. The van der Waals surface area contributed by atoms with Crippen LogP contribution in [0.4, 0.5) is 11.4 Å². The molecule has 13 heteroatoms. The molecule has 6 heterocycles. The topological polar surface area (TPSA) is 141 Å². The molecular formula is C39H40N8O5. The molecule has 0 unspecified atom stereocenters. The molecule has 4 aromatic heterocycles. The Bertz CT molecular complexity index is 2100. The van der Waals surface area contributed by atoms with Gasteiger partial charge in [0.1, 0.15) is 30.3 Å². The molecule has 2 fully saturated rings. The molecule has 2 aliphatic heterocycles. The Morgan fingerprint density at radius 1 is 0.673 bits per heavy atom. The lowest BCUT2D eigenvalue weighted by Crippen LogP contribution is -2.44. The van der Waals surface area contributed by atoms with Crippen LogP contribution in [0.25, 0.3) is 44.6 Å². The summed E-state index contributed by atoms with van der Waals surface area (Å²) in [5.41, 5.74) is 6.93. The predicted octanol–water partition coefficient (Wildman–Crippen LogP) is 5.25. The fourth-order valence-corrected chi connectivity index (χ4v) is 7.37.